The number of aliphatic carboxylic acids is 1. The Kier molecular flexibility index (Phi) is 4.33. The zero-order chi connectivity index (χ0) is 18.6. The van der Waals surface area contributed by atoms with E-state index in [9.17, 15) is 18.3 Å². The van der Waals surface area contributed by atoms with Crippen molar-refractivity contribution in [3.05, 3.63) is 23.0 Å². The summed E-state index contributed by atoms with van der Waals surface area (Å²) in [5, 5.41) is 9.30. The van der Waals surface area contributed by atoms with E-state index in [1.165, 1.54) is 6.07 Å². The number of sulfonamides is 1. The molecular formula is C16H19ClN2O5S. The van der Waals surface area contributed by atoms with Crippen LogP contribution in [0.1, 0.15) is 39.5 Å². The monoisotopic (exact) mass is 386 g/mol. The van der Waals surface area contributed by atoms with Gasteiger partial charge in [0, 0.05) is 12.0 Å². The number of hydrogen-bond donors (Lipinski definition) is 1. The maximum Gasteiger partial charge on any atom is 0.322 e. The van der Waals surface area contributed by atoms with E-state index in [0.717, 1.165) is 4.31 Å². The summed E-state index contributed by atoms with van der Waals surface area (Å²) in [5.74, 6) is -0.783. The summed E-state index contributed by atoms with van der Waals surface area (Å²) < 4.78 is 33.0. The van der Waals surface area contributed by atoms with E-state index in [2.05, 4.69) is 4.98 Å². The highest BCUT2D eigenvalue weighted by molar-refractivity contribution is 7.89. The highest BCUT2D eigenvalue weighted by Crippen LogP contribution is 2.37. The van der Waals surface area contributed by atoms with E-state index < -0.39 is 27.4 Å². The number of carboxylic acid groups (broad SMARTS) is 1. The Hall–Kier alpha value is -1.64. The first-order chi connectivity index (χ1) is 11.5. The SMILES string of the molecule is CC(C)(C)c1nc2ccc(Cl)c(S(=O)(=O)N3CCC[C@H]3C(=O)O)c2o1. The molecule has 1 saturated heterocycles. The van der Waals surface area contributed by atoms with Gasteiger partial charge in [-0.25, -0.2) is 13.4 Å². The summed E-state index contributed by atoms with van der Waals surface area (Å²) in [6.45, 7) is 5.82. The predicted molar refractivity (Wildman–Crippen MR) is 92.3 cm³/mol. The summed E-state index contributed by atoms with van der Waals surface area (Å²) in [7, 11) is -4.14. The Balaban J connectivity index is 2.22. The third-order valence-corrected chi connectivity index (χ3v) is 6.56. The lowest BCUT2D eigenvalue weighted by molar-refractivity contribution is -0.140. The second-order valence-electron chi connectivity index (χ2n) is 7.11. The normalized spacial score (nSPS) is 19.6. The van der Waals surface area contributed by atoms with Gasteiger partial charge in [0.05, 0.1) is 5.02 Å². The molecule has 136 valence electrons. The minimum atomic E-state index is -4.14. The van der Waals surface area contributed by atoms with Gasteiger partial charge in [0.15, 0.2) is 5.58 Å². The molecule has 1 fully saturated rings. The molecule has 0 bridgehead atoms. The summed E-state index contributed by atoms with van der Waals surface area (Å²) in [6.07, 6.45) is 0.749. The van der Waals surface area contributed by atoms with Crippen LogP contribution in [0.15, 0.2) is 21.4 Å². The number of fused-ring (bicyclic) bond motifs is 1. The maximum absolute atomic E-state index is 13.1. The standard InChI is InChI=1S/C16H19ClN2O5S/c1-16(2,3)15-18-10-7-6-9(17)13(12(10)24-15)25(22,23)19-8-4-5-11(19)14(20)21/h6-7,11H,4-5,8H2,1-3H3,(H,20,21)/t11-/m0/s1. The van der Waals surface area contributed by atoms with Crippen LogP contribution in [0.25, 0.3) is 11.1 Å². The molecule has 3 rings (SSSR count). The summed E-state index contributed by atoms with van der Waals surface area (Å²) in [6, 6.07) is 1.94. The molecule has 1 aliphatic rings. The lowest BCUT2D eigenvalue weighted by atomic mass is 9.97. The number of benzene rings is 1. The largest absolute Gasteiger partial charge is 0.480 e. The summed E-state index contributed by atoms with van der Waals surface area (Å²) in [4.78, 5) is 15.5. The Labute approximate surface area is 150 Å². The average molecular weight is 387 g/mol. The number of halogens is 1. The Bertz CT molecular complexity index is 945. The Morgan fingerprint density at radius 2 is 2.08 bits per heavy atom. The van der Waals surface area contributed by atoms with Crippen LogP contribution in [-0.4, -0.2) is 41.4 Å². The second-order valence-corrected chi connectivity index (χ2v) is 9.34. The van der Waals surface area contributed by atoms with E-state index in [1.807, 2.05) is 20.8 Å². The molecule has 2 aromatic rings. The number of aromatic nitrogens is 1. The highest BCUT2D eigenvalue weighted by Gasteiger charge is 2.42. The van der Waals surface area contributed by atoms with Crippen LogP contribution in [0.4, 0.5) is 0 Å². The molecule has 9 heteroatoms. The van der Waals surface area contributed by atoms with Crippen LogP contribution in [0.2, 0.25) is 5.02 Å². The molecule has 1 aromatic carbocycles. The van der Waals surface area contributed by atoms with Crippen molar-refractivity contribution >= 4 is 38.7 Å². The van der Waals surface area contributed by atoms with Gasteiger partial charge in [-0.15, -0.1) is 0 Å². The molecule has 0 saturated carbocycles. The van der Waals surface area contributed by atoms with Crippen LogP contribution in [0.3, 0.4) is 0 Å². The van der Waals surface area contributed by atoms with E-state index in [-0.39, 0.29) is 28.5 Å². The van der Waals surface area contributed by atoms with Crippen molar-refractivity contribution in [1.82, 2.24) is 9.29 Å². The molecule has 0 unspecified atom stereocenters. The van der Waals surface area contributed by atoms with Crippen molar-refractivity contribution in [2.24, 2.45) is 0 Å². The molecule has 0 aliphatic carbocycles. The van der Waals surface area contributed by atoms with E-state index in [0.29, 0.717) is 17.8 Å². The smallest absolute Gasteiger partial charge is 0.322 e. The van der Waals surface area contributed by atoms with Gasteiger partial charge in [0.2, 0.25) is 15.9 Å². The van der Waals surface area contributed by atoms with Gasteiger partial charge in [0.25, 0.3) is 0 Å². The number of carbonyl (C=O) groups is 1. The van der Waals surface area contributed by atoms with Gasteiger partial charge in [-0.3, -0.25) is 4.79 Å². The quantitative estimate of drug-likeness (QED) is 0.870. The zero-order valence-electron chi connectivity index (χ0n) is 14.1. The van der Waals surface area contributed by atoms with Gasteiger partial charge in [-0.1, -0.05) is 32.4 Å². The molecule has 0 amide bonds. The topological polar surface area (TPSA) is 101 Å². The van der Waals surface area contributed by atoms with Crippen LogP contribution in [-0.2, 0) is 20.2 Å². The molecule has 0 spiro atoms. The maximum atomic E-state index is 13.1. The fourth-order valence-electron chi connectivity index (χ4n) is 2.90. The summed E-state index contributed by atoms with van der Waals surface area (Å²) in [5.41, 5.74) is 0.0245. The molecular weight excluding hydrogens is 368 g/mol. The van der Waals surface area contributed by atoms with Crippen molar-refractivity contribution in [1.29, 1.82) is 0 Å². The molecule has 2 heterocycles. The van der Waals surface area contributed by atoms with Gasteiger partial charge in [0.1, 0.15) is 16.5 Å². The molecule has 7 nitrogen and oxygen atoms in total. The number of hydrogen-bond acceptors (Lipinski definition) is 5. The van der Waals surface area contributed by atoms with Gasteiger partial charge in [-0.2, -0.15) is 4.31 Å². The van der Waals surface area contributed by atoms with E-state index >= 15 is 0 Å². The molecule has 1 aromatic heterocycles. The van der Waals surface area contributed by atoms with Crippen molar-refractivity contribution in [3.8, 4) is 0 Å². The first-order valence-corrected chi connectivity index (χ1v) is 9.69. The first kappa shape index (κ1) is 18.2. The first-order valence-electron chi connectivity index (χ1n) is 7.87. The Morgan fingerprint density at radius 1 is 1.40 bits per heavy atom. The third-order valence-electron chi connectivity index (χ3n) is 4.16. The van der Waals surface area contributed by atoms with Crippen molar-refractivity contribution < 1.29 is 22.7 Å². The van der Waals surface area contributed by atoms with Crippen LogP contribution in [0.5, 0.6) is 0 Å². The fourth-order valence-corrected chi connectivity index (χ4v) is 5.17. The number of rotatable bonds is 3. The van der Waals surface area contributed by atoms with Crippen molar-refractivity contribution in [2.75, 3.05) is 6.54 Å². The molecule has 0 radical (unpaired) electrons. The number of carboxylic acids is 1. The fraction of sp³-hybridized carbons (Fsp3) is 0.500. The molecule has 1 atom stereocenters. The van der Waals surface area contributed by atoms with Crippen LogP contribution < -0.4 is 0 Å². The Morgan fingerprint density at radius 3 is 2.68 bits per heavy atom. The number of nitrogens with zero attached hydrogens (tertiary/aromatic N) is 2. The van der Waals surface area contributed by atoms with Crippen molar-refractivity contribution in [2.45, 2.75) is 50.0 Å². The number of oxazole rings is 1. The average Bonchev–Trinajstić information content (AvgIpc) is 3.12. The van der Waals surface area contributed by atoms with Crippen molar-refractivity contribution in [3.63, 3.8) is 0 Å². The molecule has 1 aliphatic heterocycles. The van der Waals surface area contributed by atoms with E-state index in [1.54, 1.807) is 6.07 Å². The van der Waals surface area contributed by atoms with Crippen LogP contribution in [0, 0.1) is 0 Å². The predicted octanol–water partition coefficient (Wildman–Crippen LogP) is 3.02. The van der Waals surface area contributed by atoms with Crippen LogP contribution >= 0.6 is 11.6 Å². The van der Waals surface area contributed by atoms with Gasteiger partial charge >= 0.3 is 5.97 Å². The lowest BCUT2D eigenvalue weighted by Crippen LogP contribution is -2.40. The van der Waals surface area contributed by atoms with E-state index in [4.69, 9.17) is 16.0 Å². The molecule has 25 heavy (non-hydrogen) atoms. The zero-order valence-corrected chi connectivity index (χ0v) is 15.7. The highest BCUT2D eigenvalue weighted by atomic mass is 35.5. The minimum absolute atomic E-state index is 0.0138. The lowest BCUT2D eigenvalue weighted by Gasteiger charge is -2.21. The van der Waals surface area contributed by atoms with Gasteiger partial charge < -0.3 is 9.52 Å². The third kappa shape index (κ3) is 3.02. The summed E-state index contributed by atoms with van der Waals surface area (Å²) >= 11 is 6.18. The molecule has 1 N–H and O–H groups in total. The van der Waals surface area contributed by atoms with Gasteiger partial charge in [-0.05, 0) is 25.0 Å². The second kappa shape index (κ2) is 5.96. The minimum Gasteiger partial charge on any atom is -0.480 e.